The third kappa shape index (κ3) is 7.03. The molecule has 1 atom stereocenters. The fourth-order valence-electron chi connectivity index (χ4n) is 1.53. The largest absolute Gasteiger partial charge is 0.314 e. The van der Waals surface area contributed by atoms with Gasteiger partial charge < -0.3 is 10.2 Å². The van der Waals surface area contributed by atoms with Crippen LogP contribution in [0.1, 0.15) is 33.6 Å². The summed E-state index contributed by atoms with van der Waals surface area (Å²) >= 11 is 0. The Labute approximate surface area is 83.7 Å². The van der Waals surface area contributed by atoms with Crippen LogP contribution in [0, 0.1) is 5.92 Å². The van der Waals surface area contributed by atoms with Gasteiger partial charge in [0.05, 0.1) is 0 Å². The molecule has 2 nitrogen and oxygen atoms in total. The van der Waals surface area contributed by atoms with Gasteiger partial charge in [0.2, 0.25) is 0 Å². The molecule has 0 heterocycles. The van der Waals surface area contributed by atoms with Crippen LogP contribution in [-0.4, -0.2) is 38.1 Å². The van der Waals surface area contributed by atoms with E-state index < -0.39 is 0 Å². The molecule has 0 aliphatic rings. The summed E-state index contributed by atoms with van der Waals surface area (Å²) in [5, 5.41) is 3.60. The van der Waals surface area contributed by atoms with Crippen LogP contribution in [0.2, 0.25) is 0 Å². The number of nitrogens with zero attached hydrogens (tertiary/aromatic N) is 1. The van der Waals surface area contributed by atoms with Crippen LogP contribution in [0.25, 0.3) is 0 Å². The van der Waals surface area contributed by atoms with Crippen molar-refractivity contribution in [2.45, 2.75) is 39.7 Å². The maximum atomic E-state index is 3.60. The minimum atomic E-state index is 0.696. The third-order valence-corrected chi connectivity index (χ3v) is 2.43. The van der Waals surface area contributed by atoms with Crippen molar-refractivity contribution in [1.82, 2.24) is 10.2 Å². The van der Waals surface area contributed by atoms with Crippen LogP contribution >= 0.6 is 0 Å². The normalized spacial score (nSPS) is 14.1. The van der Waals surface area contributed by atoms with E-state index in [0.29, 0.717) is 6.04 Å². The molecule has 0 aromatic rings. The monoisotopic (exact) mass is 186 g/mol. The molecule has 13 heavy (non-hydrogen) atoms. The highest BCUT2D eigenvalue weighted by Gasteiger charge is 2.08. The molecule has 0 aliphatic carbocycles. The van der Waals surface area contributed by atoms with Gasteiger partial charge in [-0.25, -0.2) is 0 Å². The fourth-order valence-corrected chi connectivity index (χ4v) is 1.53. The molecule has 80 valence electrons. The second-order valence-electron chi connectivity index (χ2n) is 4.37. The van der Waals surface area contributed by atoms with E-state index in [1.165, 1.54) is 19.4 Å². The molecule has 0 unspecified atom stereocenters. The van der Waals surface area contributed by atoms with E-state index in [-0.39, 0.29) is 0 Å². The Morgan fingerprint density at radius 2 is 1.85 bits per heavy atom. The smallest absolute Gasteiger partial charge is 0.00874 e. The van der Waals surface area contributed by atoms with Gasteiger partial charge in [-0.15, -0.1) is 0 Å². The maximum Gasteiger partial charge on any atom is 0.00874 e. The summed E-state index contributed by atoms with van der Waals surface area (Å²) in [5.41, 5.74) is 0. The fraction of sp³-hybridized carbons (Fsp3) is 1.00. The molecule has 0 saturated heterocycles. The van der Waals surface area contributed by atoms with Crippen molar-refractivity contribution < 1.29 is 0 Å². The summed E-state index contributed by atoms with van der Waals surface area (Å²) in [6.07, 6.45) is 2.48. The van der Waals surface area contributed by atoms with Crippen molar-refractivity contribution >= 4 is 0 Å². The molecule has 0 bridgehead atoms. The van der Waals surface area contributed by atoms with Crippen LogP contribution in [0.4, 0.5) is 0 Å². The first-order valence-corrected chi connectivity index (χ1v) is 5.46. The van der Waals surface area contributed by atoms with E-state index in [9.17, 15) is 0 Å². The number of hydrogen-bond acceptors (Lipinski definition) is 2. The van der Waals surface area contributed by atoms with Crippen LogP contribution in [0.5, 0.6) is 0 Å². The lowest BCUT2D eigenvalue weighted by Gasteiger charge is -2.21. The standard InChI is InChI=1S/C11H26N2/c1-6-11(10(2)3)12-8-7-9-13(4)5/h10-12H,6-9H2,1-5H3/t11-/m1/s1. The van der Waals surface area contributed by atoms with Gasteiger partial charge in [0.25, 0.3) is 0 Å². The highest BCUT2D eigenvalue weighted by atomic mass is 15.1. The first kappa shape index (κ1) is 12.9. The van der Waals surface area contributed by atoms with Gasteiger partial charge in [-0.3, -0.25) is 0 Å². The van der Waals surface area contributed by atoms with Gasteiger partial charge in [-0.1, -0.05) is 20.8 Å². The quantitative estimate of drug-likeness (QED) is 0.612. The summed E-state index contributed by atoms with van der Waals surface area (Å²) in [7, 11) is 4.25. The predicted octanol–water partition coefficient (Wildman–Crippen LogP) is 1.96. The molecule has 2 heteroatoms. The Balaban J connectivity index is 3.39. The van der Waals surface area contributed by atoms with Crippen LogP contribution in [0.3, 0.4) is 0 Å². The van der Waals surface area contributed by atoms with Gasteiger partial charge in [0, 0.05) is 6.04 Å². The molecular formula is C11H26N2. The maximum absolute atomic E-state index is 3.60. The minimum absolute atomic E-state index is 0.696. The minimum Gasteiger partial charge on any atom is -0.314 e. The lowest BCUT2D eigenvalue weighted by atomic mass is 10.0. The van der Waals surface area contributed by atoms with Crippen molar-refractivity contribution in [2.24, 2.45) is 5.92 Å². The molecule has 0 fully saturated rings. The average Bonchev–Trinajstić information content (AvgIpc) is 2.03. The third-order valence-electron chi connectivity index (χ3n) is 2.43. The second-order valence-corrected chi connectivity index (χ2v) is 4.37. The van der Waals surface area contributed by atoms with Crippen LogP contribution < -0.4 is 5.32 Å². The molecule has 0 aromatic heterocycles. The first-order chi connectivity index (χ1) is 6.07. The highest BCUT2D eigenvalue weighted by Crippen LogP contribution is 2.04. The Kier molecular flexibility index (Phi) is 7.29. The van der Waals surface area contributed by atoms with E-state index in [4.69, 9.17) is 0 Å². The predicted molar refractivity (Wildman–Crippen MR) is 60.1 cm³/mol. The Bertz CT molecular complexity index is 111. The van der Waals surface area contributed by atoms with Crippen LogP contribution in [0.15, 0.2) is 0 Å². The first-order valence-electron chi connectivity index (χ1n) is 5.46. The van der Waals surface area contributed by atoms with Crippen molar-refractivity contribution in [2.75, 3.05) is 27.2 Å². The summed E-state index contributed by atoms with van der Waals surface area (Å²) in [6.45, 7) is 9.15. The van der Waals surface area contributed by atoms with Crippen molar-refractivity contribution in [3.63, 3.8) is 0 Å². The number of hydrogen-bond donors (Lipinski definition) is 1. The molecule has 1 N–H and O–H groups in total. The van der Waals surface area contributed by atoms with Gasteiger partial charge in [0.1, 0.15) is 0 Å². The Morgan fingerprint density at radius 1 is 1.23 bits per heavy atom. The van der Waals surface area contributed by atoms with E-state index in [1.807, 2.05) is 0 Å². The molecule has 0 saturated carbocycles. The Hall–Kier alpha value is -0.0800. The van der Waals surface area contributed by atoms with Gasteiger partial charge in [-0.2, -0.15) is 0 Å². The topological polar surface area (TPSA) is 15.3 Å². The van der Waals surface area contributed by atoms with Gasteiger partial charge in [0.15, 0.2) is 0 Å². The molecule has 0 rings (SSSR count). The zero-order valence-electron chi connectivity index (χ0n) is 9.93. The summed E-state index contributed by atoms with van der Waals surface area (Å²) < 4.78 is 0. The van der Waals surface area contributed by atoms with E-state index >= 15 is 0 Å². The van der Waals surface area contributed by atoms with Crippen molar-refractivity contribution in [1.29, 1.82) is 0 Å². The van der Waals surface area contributed by atoms with Crippen LogP contribution in [-0.2, 0) is 0 Å². The SMILES string of the molecule is CC[C@@H](NCCCN(C)C)C(C)C. The number of rotatable bonds is 7. The number of nitrogens with one attached hydrogen (secondary N) is 1. The zero-order valence-corrected chi connectivity index (χ0v) is 9.93. The molecular weight excluding hydrogens is 160 g/mol. The van der Waals surface area contributed by atoms with E-state index in [0.717, 1.165) is 12.5 Å². The van der Waals surface area contributed by atoms with E-state index in [1.54, 1.807) is 0 Å². The lowest BCUT2D eigenvalue weighted by molar-refractivity contribution is 0.355. The van der Waals surface area contributed by atoms with Gasteiger partial charge >= 0.3 is 0 Å². The molecule has 0 spiro atoms. The highest BCUT2D eigenvalue weighted by molar-refractivity contribution is 4.68. The van der Waals surface area contributed by atoms with Gasteiger partial charge in [-0.05, 0) is 45.9 Å². The molecule has 0 aliphatic heterocycles. The summed E-state index contributed by atoms with van der Waals surface area (Å²) in [5.74, 6) is 0.754. The Morgan fingerprint density at radius 3 is 2.23 bits per heavy atom. The second kappa shape index (κ2) is 7.34. The molecule has 0 aromatic carbocycles. The summed E-state index contributed by atoms with van der Waals surface area (Å²) in [6, 6.07) is 0.696. The molecule has 0 radical (unpaired) electrons. The van der Waals surface area contributed by atoms with E-state index in [2.05, 4.69) is 45.1 Å². The van der Waals surface area contributed by atoms with Crippen molar-refractivity contribution in [3.8, 4) is 0 Å². The average molecular weight is 186 g/mol. The summed E-state index contributed by atoms with van der Waals surface area (Å²) in [4.78, 5) is 2.23. The van der Waals surface area contributed by atoms with Crippen molar-refractivity contribution in [3.05, 3.63) is 0 Å². The zero-order chi connectivity index (χ0) is 10.3. The molecule has 0 amide bonds. The lowest BCUT2D eigenvalue weighted by Crippen LogP contribution is -2.34.